The summed E-state index contributed by atoms with van der Waals surface area (Å²) < 4.78 is 11.3. The maximum absolute atomic E-state index is 12.7. The molecule has 0 unspecified atom stereocenters. The van der Waals surface area contributed by atoms with E-state index in [2.05, 4.69) is 18.4 Å². The average molecular weight is 380 g/mol. The van der Waals surface area contributed by atoms with E-state index >= 15 is 0 Å². The third-order valence-electron chi connectivity index (χ3n) is 4.28. The molecule has 1 aliphatic rings. The smallest absolute Gasteiger partial charge is 0.260 e. The molecular formula is C19H22ClNO3S. The Bertz CT molecular complexity index is 695. The summed E-state index contributed by atoms with van der Waals surface area (Å²) in [5, 5.41) is 2.70. The Morgan fingerprint density at radius 1 is 1.36 bits per heavy atom. The SMILES string of the molecule is Cc1ccsc1CN(C[C@H]1CCCO1)C(=O)COc1ccc(Cl)cc1. The number of halogens is 1. The molecule has 0 N–H and O–H groups in total. The fourth-order valence-electron chi connectivity index (χ4n) is 2.80. The predicted molar refractivity (Wildman–Crippen MR) is 100 cm³/mol. The van der Waals surface area contributed by atoms with Crippen molar-refractivity contribution in [3.05, 3.63) is 51.2 Å². The first-order valence-electron chi connectivity index (χ1n) is 8.42. The number of carbonyl (C=O) groups is 1. The fourth-order valence-corrected chi connectivity index (χ4v) is 3.84. The Morgan fingerprint density at radius 2 is 2.16 bits per heavy atom. The van der Waals surface area contributed by atoms with Gasteiger partial charge in [-0.3, -0.25) is 4.79 Å². The van der Waals surface area contributed by atoms with Crippen LogP contribution in [0.1, 0.15) is 23.3 Å². The normalized spacial score (nSPS) is 16.8. The molecule has 3 rings (SSSR count). The number of ether oxygens (including phenoxy) is 2. The van der Waals surface area contributed by atoms with E-state index in [-0.39, 0.29) is 18.6 Å². The van der Waals surface area contributed by atoms with Crippen molar-refractivity contribution >= 4 is 28.8 Å². The van der Waals surface area contributed by atoms with Gasteiger partial charge in [0, 0.05) is 23.1 Å². The van der Waals surface area contributed by atoms with Gasteiger partial charge in [-0.05, 0) is 61.0 Å². The van der Waals surface area contributed by atoms with E-state index < -0.39 is 0 Å². The van der Waals surface area contributed by atoms with Gasteiger partial charge in [-0.1, -0.05) is 11.6 Å². The van der Waals surface area contributed by atoms with Gasteiger partial charge in [0.25, 0.3) is 5.91 Å². The minimum atomic E-state index is -0.0294. The molecule has 2 aromatic rings. The Balaban J connectivity index is 1.63. The van der Waals surface area contributed by atoms with E-state index in [1.165, 1.54) is 10.4 Å². The summed E-state index contributed by atoms with van der Waals surface area (Å²) >= 11 is 7.55. The van der Waals surface area contributed by atoms with Gasteiger partial charge in [-0.2, -0.15) is 0 Å². The number of nitrogens with zero attached hydrogens (tertiary/aromatic N) is 1. The largest absolute Gasteiger partial charge is 0.484 e. The maximum atomic E-state index is 12.7. The molecule has 1 atom stereocenters. The second-order valence-electron chi connectivity index (χ2n) is 6.18. The van der Waals surface area contributed by atoms with Crippen molar-refractivity contribution < 1.29 is 14.3 Å². The zero-order chi connectivity index (χ0) is 17.6. The molecule has 1 saturated heterocycles. The Kier molecular flexibility index (Phi) is 6.34. The van der Waals surface area contributed by atoms with Crippen molar-refractivity contribution in [3.8, 4) is 5.75 Å². The van der Waals surface area contributed by atoms with Gasteiger partial charge in [0.15, 0.2) is 6.61 Å². The van der Waals surface area contributed by atoms with E-state index in [0.29, 0.717) is 23.9 Å². The lowest BCUT2D eigenvalue weighted by molar-refractivity contribution is -0.135. The number of benzene rings is 1. The summed E-state index contributed by atoms with van der Waals surface area (Å²) in [5.74, 6) is 0.611. The maximum Gasteiger partial charge on any atom is 0.260 e. The van der Waals surface area contributed by atoms with Crippen LogP contribution >= 0.6 is 22.9 Å². The molecule has 0 spiro atoms. The molecule has 0 bridgehead atoms. The minimum absolute atomic E-state index is 0.0127. The van der Waals surface area contributed by atoms with Gasteiger partial charge in [0.2, 0.25) is 0 Å². The van der Waals surface area contributed by atoms with Crippen molar-refractivity contribution in [2.75, 3.05) is 19.8 Å². The van der Waals surface area contributed by atoms with Crippen molar-refractivity contribution in [2.24, 2.45) is 0 Å². The van der Waals surface area contributed by atoms with E-state index in [1.807, 2.05) is 4.90 Å². The summed E-state index contributed by atoms with van der Waals surface area (Å²) in [4.78, 5) is 15.8. The van der Waals surface area contributed by atoms with E-state index in [1.54, 1.807) is 35.6 Å². The third kappa shape index (κ3) is 5.21. The van der Waals surface area contributed by atoms with Gasteiger partial charge in [-0.15, -0.1) is 11.3 Å². The van der Waals surface area contributed by atoms with Crippen LogP contribution in [0.3, 0.4) is 0 Å². The predicted octanol–water partition coefficient (Wildman–Crippen LogP) is 4.30. The fraction of sp³-hybridized carbons (Fsp3) is 0.421. The van der Waals surface area contributed by atoms with Crippen LogP contribution in [-0.4, -0.2) is 36.7 Å². The standard InChI is InChI=1S/C19H22ClNO3S/c1-14-8-10-25-18(14)12-21(11-17-3-2-9-23-17)19(22)13-24-16-6-4-15(20)5-7-16/h4-8,10,17H,2-3,9,11-13H2,1H3/t17-/m1/s1. The first-order chi connectivity index (χ1) is 12.1. The van der Waals surface area contributed by atoms with Crippen LogP contribution in [0.25, 0.3) is 0 Å². The number of thiophene rings is 1. The molecule has 1 aromatic heterocycles. The number of rotatable bonds is 7. The van der Waals surface area contributed by atoms with Crippen molar-refractivity contribution in [1.82, 2.24) is 4.90 Å². The van der Waals surface area contributed by atoms with Crippen LogP contribution in [0, 0.1) is 6.92 Å². The van der Waals surface area contributed by atoms with E-state index in [4.69, 9.17) is 21.1 Å². The van der Waals surface area contributed by atoms with Crippen LogP contribution in [0.4, 0.5) is 0 Å². The van der Waals surface area contributed by atoms with Gasteiger partial charge in [0.1, 0.15) is 5.75 Å². The molecule has 6 heteroatoms. The summed E-state index contributed by atoms with van der Waals surface area (Å²) in [5.41, 5.74) is 1.22. The summed E-state index contributed by atoms with van der Waals surface area (Å²) in [6, 6.07) is 9.12. The average Bonchev–Trinajstić information content (AvgIpc) is 3.26. The molecule has 1 amide bonds. The van der Waals surface area contributed by atoms with E-state index in [0.717, 1.165) is 19.4 Å². The zero-order valence-corrected chi connectivity index (χ0v) is 15.8. The molecular weight excluding hydrogens is 358 g/mol. The highest BCUT2D eigenvalue weighted by Crippen LogP contribution is 2.21. The quantitative estimate of drug-likeness (QED) is 0.720. The summed E-state index contributed by atoms with van der Waals surface area (Å²) in [7, 11) is 0. The molecule has 4 nitrogen and oxygen atoms in total. The topological polar surface area (TPSA) is 38.8 Å². The Morgan fingerprint density at radius 3 is 2.80 bits per heavy atom. The lowest BCUT2D eigenvalue weighted by Crippen LogP contribution is -2.39. The van der Waals surface area contributed by atoms with Crippen LogP contribution in [-0.2, 0) is 16.1 Å². The van der Waals surface area contributed by atoms with Gasteiger partial charge >= 0.3 is 0 Å². The highest BCUT2D eigenvalue weighted by Gasteiger charge is 2.23. The van der Waals surface area contributed by atoms with Gasteiger partial charge in [0.05, 0.1) is 12.6 Å². The van der Waals surface area contributed by atoms with Crippen molar-refractivity contribution in [3.63, 3.8) is 0 Å². The Hall–Kier alpha value is -1.56. The highest BCUT2D eigenvalue weighted by molar-refractivity contribution is 7.10. The van der Waals surface area contributed by atoms with Gasteiger partial charge in [-0.25, -0.2) is 0 Å². The molecule has 1 aromatic carbocycles. The molecule has 2 heterocycles. The monoisotopic (exact) mass is 379 g/mol. The molecule has 25 heavy (non-hydrogen) atoms. The second kappa shape index (κ2) is 8.70. The molecule has 134 valence electrons. The molecule has 1 aliphatic heterocycles. The molecule has 0 saturated carbocycles. The first kappa shape index (κ1) is 18.2. The summed E-state index contributed by atoms with van der Waals surface area (Å²) in [6.45, 7) is 4.09. The highest BCUT2D eigenvalue weighted by atomic mass is 35.5. The second-order valence-corrected chi connectivity index (χ2v) is 7.62. The lowest BCUT2D eigenvalue weighted by atomic mass is 10.2. The number of hydrogen-bond acceptors (Lipinski definition) is 4. The third-order valence-corrected chi connectivity index (χ3v) is 5.54. The number of hydrogen-bond donors (Lipinski definition) is 0. The number of amides is 1. The van der Waals surface area contributed by atoms with Crippen molar-refractivity contribution in [1.29, 1.82) is 0 Å². The van der Waals surface area contributed by atoms with Crippen LogP contribution in [0.5, 0.6) is 5.75 Å². The first-order valence-corrected chi connectivity index (χ1v) is 9.68. The Labute approximate surface area is 157 Å². The molecule has 0 aliphatic carbocycles. The molecule has 1 fully saturated rings. The lowest BCUT2D eigenvalue weighted by Gasteiger charge is -2.25. The van der Waals surface area contributed by atoms with Crippen LogP contribution in [0.15, 0.2) is 35.7 Å². The summed E-state index contributed by atoms with van der Waals surface area (Å²) in [6.07, 6.45) is 2.19. The minimum Gasteiger partial charge on any atom is -0.484 e. The zero-order valence-electron chi connectivity index (χ0n) is 14.2. The van der Waals surface area contributed by atoms with Gasteiger partial charge < -0.3 is 14.4 Å². The number of carbonyl (C=O) groups excluding carboxylic acids is 1. The van der Waals surface area contributed by atoms with E-state index in [9.17, 15) is 4.79 Å². The van der Waals surface area contributed by atoms with Crippen LogP contribution in [0.2, 0.25) is 5.02 Å². The molecule has 0 radical (unpaired) electrons. The van der Waals surface area contributed by atoms with Crippen molar-refractivity contribution in [2.45, 2.75) is 32.4 Å². The number of aryl methyl sites for hydroxylation is 1. The van der Waals surface area contributed by atoms with Crippen LogP contribution < -0.4 is 4.74 Å².